The number of hydrogen-bond donors (Lipinski definition) is 0. The number of benzene rings is 7. The molecule has 0 aromatic heterocycles. The number of rotatable bonds is 6. The molecule has 0 atom stereocenters. The van der Waals surface area contributed by atoms with E-state index in [1.807, 2.05) is 13.8 Å². The second-order valence-electron chi connectivity index (χ2n) is 11.8. The zero-order valence-electron chi connectivity index (χ0n) is 25.4. The third-order valence-electron chi connectivity index (χ3n) is 9.81. The van der Waals surface area contributed by atoms with Gasteiger partial charge in [0, 0.05) is 17.5 Å². The van der Waals surface area contributed by atoms with Crippen molar-refractivity contribution >= 4 is 43.1 Å². The first-order chi connectivity index (χ1) is 21.7. The van der Waals surface area contributed by atoms with E-state index in [0.717, 1.165) is 35.3 Å². The summed E-state index contributed by atoms with van der Waals surface area (Å²) in [6.07, 6.45) is 1.68. The smallest absolute Gasteiger partial charge is 0.207 e. The Balaban J connectivity index is 1.41. The van der Waals surface area contributed by atoms with Gasteiger partial charge in [0.15, 0.2) is 11.5 Å². The molecular weight excluding hydrogens is 544 g/mol. The van der Waals surface area contributed by atoms with Crippen molar-refractivity contribution < 1.29 is 18.9 Å². The van der Waals surface area contributed by atoms with Crippen LogP contribution in [0.1, 0.15) is 36.1 Å². The minimum absolute atomic E-state index is 0.497. The third kappa shape index (κ3) is 3.13. The van der Waals surface area contributed by atoms with Gasteiger partial charge < -0.3 is 18.9 Å². The van der Waals surface area contributed by atoms with Crippen molar-refractivity contribution in [3.05, 3.63) is 95.1 Å². The summed E-state index contributed by atoms with van der Waals surface area (Å²) in [5.74, 6) is 2.61. The third-order valence-corrected chi connectivity index (χ3v) is 9.81. The molecule has 44 heavy (non-hydrogen) atoms. The standard InChI is InChI=1S/C40H32O4/c1-5-43-37-31-20-23-12-14-27-26-13-11-22-19-21-9-7-8-10-24(21)25-15-16-28(34(26)32(22)25)29-17-18-30(33(23)35(27)29)36(31)38(41-3)39(42-4)40(37)44-6-2/h7-18H,5-6,19-20H2,1-4H3. The van der Waals surface area contributed by atoms with Gasteiger partial charge in [0.1, 0.15) is 0 Å². The molecule has 0 fully saturated rings. The fourth-order valence-electron chi connectivity index (χ4n) is 8.20. The highest BCUT2D eigenvalue weighted by Gasteiger charge is 2.34. The van der Waals surface area contributed by atoms with Crippen LogP contribution in [0.5, 0.6) is 23.0 Å². The lowest BCUT2D eigenvalue weighted by Crippen LogP contribution is -2.11. The molecule has 0 amide bonds. The highest BCUT2D eigenvalue weighted by molar-refractivity contribution is 6.36. The molecule has 0 bridgehead atoms. The Morgan fingerprint density at radius 1 is 0.477 bits per heavy atom. The lowest BCUT2D eigenvalue weighted by atomic mass is 9.77. The van der Waals surface area contributed by atoms with E-state index in [-0.39, 0.29) is 0 Å². The van der Waals surface area contributed by atoms with Crippen LogP contribution in [0.2, 0.25) is 0 Å². The highest BCUT2D eigenvalue weighted by Crippen LogP contribution is 2.58. The van der Waals surface area contributed by atoms with E-state index in [2.05, 4.69) is 72.8 Å². The van der Waals surface area contributed by atoms with Crippen LogP contribution >= 0.6 is 0 Å². The summed E-state index contributed by atoms with van der Waals surface area (Å²) >= 11 is 0. The molecule has 4 nitrogen and oxygen atoms in total. The Hall–Kier alpha value is -4.96. The monoisotopic (exact) mass is 576 g/mol. The molecule has 2 aliphatic carbocycles. The molecule has 216 valence electrons. The predicted octanol–water partition coefficient (Wildman–Crippen LogP) is 9.69. The van der Waals surface area contributed by atoms with Gasteiger partial charge in [0.25, 0.3) is 0 Å². The molecule has 0 unspecified atom stereocenters. The summed E-state index contributed by atoms with van der Waals surface area (Å²) in [5.41, 5.74) is 10.0. The van der Waals surface area contributed by atoms with Gasteiger partial charge in [-0.1, -0.05) is 72.8 Å². The minimum Gasteiger partial charge on any atom is -0.492 e. The summed E-state index contributed by atoms with van der Waals surface area (Å²) in [6, 6.07) is 27.5. The van der Waals surface area contributed by atoms with E-state index in [4.69, 9.17) is 18.9 Å². The Bertz CT molecular complexity index is 2310. The van der Waals surface area contributed by atoms with E-state index < -0.39 is 0 Å². The van der Waals surface area contributed by atoms with Gasteiger partial charge in [0.2, 0.25) is 11.5 Å². The van der Waals surface area contributed by atoms with E-state index in [1.54, 1.807) is 14.2 Å². The predicted molar refractivity (Wildman–Crippen MR) is 180 cm³/mol. The second kappa shape index (κ2) is 9.27. The van der Waals surface area contributed by atoms with Crippen molar-refractivity contribution in [2.24, 2.45) is 0 Å². The first kappa shape index (κ1) is 25.5. The van der Waals surface area contributed by atoms with Gasteiger partial charge in [-0.05, 0) is 96.7 Å². The molecule has 2 aliphatic rings. The summed E-state index contributed by atoms with van der Waals surface area (Å²) in [5, 5.41) is 10.6. The summed E-state index contributed by atoms with van der Waals surface area (Å²) in [6.45, 7) is 5.01. The Morgan fingerprint density at radius 2 is 1.05 bits per heavy atom. The lowest BCUT2D eigenvalue weighted by Gasteiger charge is -2.29. The molecule has 9 rings (SSSR count). The molecule has 0 saturated heterocycles. The van der Waals surface area contributed by atoms with E-state index in [9.17, 15) is 0 Å². The van der Waals surface area contributed by atoms with Crippen LogP contribution in [0, 0.1) is 0 Å². The van der Waals surface area contributed by atoms with E-state index in [1.165, 1.54) is 70.9 Å². The number of ether oxygens (including phenoxy) is 4. The van der Waals surface area contributed by atoms with Crippen LogP contribution in [0.4, 0.5) is 0 Å². The summed E-state index contributed by atoms with van der Waals surface area (Å²) in [4.78, 5) is 0. The van der Waals surface area contributed by atoms with Crippen molar-refractivity contribution in [3.8, 4) is 45.3 Å². The van der Waals surface area contributed by atoms with Gasteiger partial charge in [0.05, 0.1) is 27.4 Å². The summed E-state index contributed by atoms with van der Waals surface area (Å²) < 4.78 is 24.5. The number of methoxy groups -OCH3 is 2. The van der Waals surface area contributed by atoms with Gasteiger partial charge in [-0.25, -0.2) is 0 Å². The van der Waals surface area contributed by atoms with Gasteiger partial charge in [-0.3, -0.25) is 0 Å². The van der Waals surface area contributed by atoms with Crippen LogP contribution in [-0.4, -0.2) is 27.4 Å². The molecule has 0 spiro atoms. The average Bonchev–Trinajstić information content (AvgIpc) is 3.06. The van der Waals surface area contributed by atoms with Crippen molar-refractivity contribution in [1.82, 2.24) is 0 Å². The first-order valence-electron chi connectivity index (χ1n) is 15.5. The normalized spacial score (nSPS) is 13.0. The minimum atomic E-state index is 0.497. The molecule has 0 aliphatic heterocycles. The van der Waals surface area contributed by atoms with E-state index >= 15 is 0 Å². The Kier molecular flexibility index (Phi) is 5.38. The van der Waals surface area contributed by atoms with Crippen LogP contribution in [0.25, 0.3) is 65.3 Å². The molecule has 0 radical (unpaired) electrons. The average molecular weight is 577 g/mol. The highest BCUT2D eigenvalue weighted by atomic mass is 16.5. The van der Waals surface area contributed by atoms with Crippen LogP contribution in [-0.2, 0) is 12.8 Å². The fraction of sp³-hybridized carbons (Fsp3) is 0.200. The van der Waals surface area contributed by atoms with Crippen molar-refractivity contribution in [2.75, 3.05) is 27.4 Å². The van der Waals surface area contributed by atoms with Gasteiger partial charge in [-0.15, -0.1) is 0 Å². The maximum absolute atomic E-state index is 6.31. The summed E-state index contributed by atoms with van der Waals surface area (Å²) in [7, 11) is 3.38. The van der Waals surface area contributed by atoms with Crippen molar-refractivity contribution in [1.29, 1.82) is 0 Å². The molecule has 0 heterocycles. The molecule has 0 N–H and O–H groups in total. The molecule has 0 saturated carbocycles. The quantitative estimate of drug-likeness (QED) is 0.146. The molecular formula is C40H32O4. The zero-order valence-corrected chi connectivity index (χ0v) is 25.4. The Morgan fingerprint density at radius 3 is 1.70 bits per heavy atom. The zero-order chi connectivity index (χ0) is 29.7. The van der Waals surface area contributed by atoms with Crippen LogP contribution in [0.3, 0.4) is 0 Å². The largest absolute Gasteiger partial charge is 0.492 e. The van der Waals surface area contributed by atoms with Gasteiger partial charge >= 0.3 is 0 Å². The SMILES string of the molecule is CCOc1c2c(c(OC)c(OC)c1OCC)-c1ccc3c4ccc5c6c(ccc(c7ccc(c1c73)C2)c64)Cc1ccccc1-5. The number of fused-ring (bicyclic) bond motifs is 6. The first-order valence-corrected chi connectivity index (χ1v) is 15.5. The van der Waals surface area contributed by atoms with Crippen LogP contribution < -0.4 is 18.9 Å². The molecule has 7 aromatic carbocycles. The topological polar surface area (TPSA) is 36.9 Å². The van der Waals surface area contributed by atoms with Crippen molar-refractivity contribution in [3.63, 3.8) is 0 Å². The maximum Gasteiger partial charge on any atom is 0.207 e. The molecule has 4 heteroatoms. The number of hydrogen-bond acceptors (Lipinski definition) is 4. The van der Waals surface area contributed by atoms with Gasteiger partial charge in [-0.2, -0.15) is 0 Å². The second-order valence-corrected chi connectivity index (χ2v) is 11.8. The van der Waals surface area contributed by atoms with Crippen LogP contribution in [0.15, 0.2) is 72.8 Å². The fourth-order valence-corrected chi connectivity index (χ4v) is 8.20. The molecule has 7 aromatic rings. The Labute approximate surface area is 256 Å². The van der Waals surface area contributed by atoms with E-state index in [0.29, 0.717) is 30.5 Å². The van der Waals surface area contributed by atoms with Crippen molar-refractivity contribution in [2.45, 2.75) is 26.7 Å². The lowest BCUT2D eigenvalue weighted by molar-refractivity contribution is 0.263. The maximum atomic E-state index is 6.31.